The fraction of sp³-hybridized carbons (Fsp3) is 0.292. The van der Waals surface area contributed by atoms with Gasteiger partial charge in [0, 0.05) is 17.0 Å². The smallest absolute Gasteiger partial charge is 0.416 e. The Morgan fingerprint density at radius 1 is 1.12 bits per heavy atom. The van der Waals surface area contributed by atoms with Crippen LogP contribution in [0, 0.1) is 0 Å². The summed E-state index contributed by atoms with van der Waals surface area (Å²) in [7, 11) is 1.97. The number of benzene rings is 2. The predicted molar refractivity (Wildman–Crippen MR) is 117 cm³/mol. The molecule has 1 aliphatic rings. The number of amides is 1. The van der Waals surface area contributed by atoms with Gasteiger partial charge in [0.25, 0.3) is 5.91 Å². The van der Waals surface area contributed by atoms with Crippen molar-refractivity contribution < 1.29 is 28.0 Å². The van der Waals surface area contributed by atoms with Crippen LogP contribution in [0.2, 0.25) is 0 Å². The van der Waals surface area contributed by atoms with E-state index in [4.69, 9.17) is 4.74 Å². The Hall–Kier alpha value is -2.84. The van der Waals surface area contributed by atoms with Crippen molar-refractivity contribution in [1.82, 2.24) is 4.90 Å². The van der Waals surface area contributed by atoms with Gasteiger partial charge >= 0.3 is 6.18 Å². The molecule has 32 heavy (non-hydrogen) atoms. The van der Waals surface area contributed by atoms with E-state index in [9.17, 15) is 18.0 Å². The maximum atomic E-state index is 13.4. The number of alkyl halides is 3. The van der Waals surface area contributed by atoms with Crippen molar-refractivity contribution in [3.8, 4) is 5.75 Å². The highest BCUT2D eigenvalue weighted by atomic mass is 32.1. The number of ether oxygens (including phenoxy) is 1. The van der Waals surface area contributed by atoms with E-state index in [-0.39, 0.29) is 5.91 Å². The lowest BCUT2D eigenvalue weighted by Crippen LogP contribution is -2.80. The molecule has 0 saturated heterocycles. The van der Waals surface area contributed by atoms with Crippen LogP contribution in [0.3, 0.4) is 0 Å². The summed E-state index contributed by atoms with van der Waals surface area (Å²) in [6, 6.07) is 13.7. The van der Waals surface area contributed by atoms with E-state index in [1.165, 1.54) is 12.1 Å². The summed E-state index contributed by atoms with van der Waals surface area (Å²) in [5, 5.41) is 3.99. The van der Waals surface area contributed by atoms with E-state index < -0.39 is 17.8 Å². The number of nitrogens with two attached hydrogens (primary N) is 1. The Labute approximate surface area is 188 Å². The van der Waals surface area contributed by atoms with Gasteiger partial charge in [-0.1, -0.05) is 12.1 Å². The summed E-state index contributed by atoms with van der Waals surface area (Å²) in [6.07, 6.45) is -3.67. The van der Waals surface area contributed by atoms with Crippen molar-refractivity contribution >= 4 is 17.2 Å². The van der Waals surface area contributed by atoms with E-state index in [1.54, 1.807) is 40.5 Å². The summed E-state index contributed by atoms with van der Waals surface area (Å²) in [5.41, 5.74) is 1.47. The lowest BCUT2D eigenvalue weighted by molar-refractivity contribution is -0.627. The second-order valence-electron chi connectivity index (χ2n) is 7.64. The second-order valence-corrected chi connectivity index (χ2v) is 8.64. The zero-order chi connectivity index (χ0) is 22.7. The van der Waals surface area contributed by atoms with E-state index in [1.807, 2.05) is 23.8 Å². The van der Waals surface area contributed by atoms with Gasteiger partial charge in [0.05, 0.1) is 18.7 Å². The third-order valence-corrected chi connectivity index (χ3v) is 6.55. The molecular formula is C24H24F3N2O2S+. The van der Waals surface area contributed by atoms with E-state index in [0.29, 0.717) is 30.0 Å². The van der Waals surface area contributed by atoms with Gasteiger partial charge in [-0.25, -0.2) is 0 Å². The topological polar surface area (TPSA) is 46.1 Å². The van der Waals surface area contributed by atoms with Gasteiger partial charge in [-0.05, 0) is 65.4 Å². The molecule has 1 amide bonds. The monoisotopic (exact) mass is 461 g/mol. The molecule has 0 spiro atoms. The maximum absolute atomic E-state index is 13.4. The van der Waals surface area contributed by atoms with Crippen LogP contribution in [-0.2, 0) is 12.6 Å². The van der Waals surface area contributed by atoms with E-state index >= 15 is 0 Å². The maximum Gasteiger partial charge on any atom is 0.416 e. The summed E-state index contributed by atoms with van der Waals surface area (Å²) in [5.74, 6) is 0.543. The first kappa shape index (κ1) is 22.4. The summed E-state index contributed by atoms with van der Waals surface area (Å²) in [6.45, 7) is 1.92. The zero-order valence-corrected chi connectivity index (χ0v) is 18.4. The molecule has 4 nitrogen and oxygen atoms in total. The molecule has 8 heteroatoms. The van der Waals surface area contributed by atoms with Gasteiger partial charge < -0.3 is 15.0 Å². The Balaban J connectivity index is 1.61. The van der Waals surface area contributed by atoms with Crippen LogP contribution in [0.4, 0.5) is 13.2 Å². The van der Waals surface area contributed by atoms with Crippen molar-refractivity contribution in [2.24, 2.45) is 0 Å². The minimum absolute atomic E-state index is 0.153. The summed E-state index contributed by atoms with van der Waals surface area (Å²) in [4.78, 5) is 16.3. The summed E-state index contributed by atoms with van der Waals surface area (Å²) < 4.78 is 44.7. The summed E-state index contributed by atoms with van der Waals surface area (Å²) >= 11 is 1.62. The lowest BCUT2D eigenvalue weighted by Gasteiger charge is -2.36. The molecule has 0 saturated carbocycles. The molecule has 0 aliphatic carbocycles. The van der Waals surface area contributed by atoms with Crippen molar-refractivity contribution in [1.29, 1.82) is 0 Å². The number of hydrogen-bond acceptors (Lipinski definition) is 3. The number of quaternary nitrogens is 1. The highest BCUT2D eigenvalue weighted by Crippen LogP contribution is 2.39. The van der Waals surface area contributed by atoms with Gasteiger partial charge in [0.1, 0.15) is 18.9 Å². The number of halogens is 3. The highest BCUT2D eigenvalue weighted by Gasteiger charge is 2.35. The minimum atomic E-state index is -4.40. The van der Waals surface area contributed by atoms with Crippen molar-refractivity contribution in [2.75, 3.05) is 26.7 Å². The first-order chi connectivity index (χ1) is 15.4. The van der Waals surface area contributed by atoms with Gasteiger partial charge in [0.15, 0.2) is 0 Å². The number of nitrogens with zero attached hydrogens (tertiary/aromatic N) is 1. The molecule has 2 heterocycles. The molecule has 0 bridgehead atoms. The van der Waals surface area contributed by atoms with Crippen molar-refractivity contribution in [3.05, 3.63) is 87.1 Å². The Morgan fingerprint density at radius 3 is 2.50 bits per heavy atom. The fourth-order valence-electron chi connectivity index (χ4n) is 3.90. The molecule has 2 aromatic carbocycles. The molecule has 0 fully saturated rings. The number of likely N-dealkylation sites (N-methyl/N-ethyl adjacent to an activating group) is 1. The number of carbonyl (C=O) groups is 1. The van der Waals surface area contributed by atoms with Crippen LogP contribution in [0.25, 0.3) is 0 Å². The molecule has 0 radical (unpaired) electrons. The number of rotatable bonds is 6. The molecule has 4 rings (SSSR count). The van der Waals surface area contributed by atoms with Crippen LogP contribution < -0.4 is 10.1 Å². The Morgan fingerprint density at radius 2 is 1.84 bits per heavy atom. The number of hydrogen-bond donors (Lipinski definition) is 1. The third-order valence-electron chi connectivity index (χ3n) is 5.56. The number of thiophene rings is 1. The Bertz CT molecular complexity index is 1060. The molecule has 168 valence electrons. The molecule has 1 aromatic heterocycles. The van der Waals surface area contributed by atoms with Crippen molar-refractivity contribution in [2.45, 2.75) is 18.6 Å². The third kappa shape index (κ3) is 4.66. The zero-order valence-electron chi connectivity index (χ0n) is 17.6. The van der Waals surface area contributed by atoms with Crippen LogP contribution in [0.5, 0.6) is 5.75 Å². The molecule has 1 aliphatic heterocycles. The van der Waals surface area contributed by atoms with Crippen LogP contribution in [-0.4, -0.2) is 37.6 Å². The highest BCUT2D eigenvalue weighted by molar-refractivity contribution is 7.10. The number of fused-ring (bicyclic) bond motifs is 1. The molecule has 1 atom stereocenters. The first-order valence-corrected chi connectivity index (χ1v) is 11.3. The second kappa shape index (κ2) is 9.34. The molecule has 1 unspecified atom stereocenters. The SMILES string of the molecule is C[NH2+]CCOc1ccc(C(=O)N2CCc3sccc3C2c2ccc(C(F)(F)F)cc2)cc1. The number of carbonyl (C=O) groups excluding carboxylic acids is 1. The van der Waals surface area contributed by atoms with Gasteiger partial charge in [-0.2, -0.15) is 13.2 Å². The standard InChI is InChI=1S/C24H23F3N2O2S/c1-28-12-14-31-19-8-4-17(5-9-19)23(30)29-13-10-21-20(11-15-32-21)22(29)16-2-6-18(7-3-16)24(25,26)27/h2-9,11,15,22,28H,10,12-14H2,1H3/p+1. The average Bonchev–Trinajstić information content (AvgIpc) is 3.27. The minimum Gasteiger partial charge on any atom is -0.488 e. The van der Waals surface area contributed by atoms with E-state index in [0.717, 1.165) is 35.5 Å². The predicted octanol–water partition coefficient (Wildman–Crippen LogP) is 4.13. The van der Waals surface area contributed by atoms with Crippen LogP contribution in [0.1, 0.15) is 38.0 Å². The van der Waals surface area contributed by atoms with Gasteiger partial charge in [-0.3, -0.25) is 4.79 Å². The quantitative estimate of drug-likeness (QED) is 0.562. The van der Waals surface area contributed by atoms with Gasteiger partial charge in [0.2, 0.25) is 0 Å². The Kier molecular flexibility index (Phi) is 6.53. The van der Waals surface area contributed by atoms with Crippen LogP contribution >= 0.6 is 11.3 Å². The van der Waals surface area contributed by atoms with Crippen molar-refractivity contribution in [3.63, 3.8) is 0 Å². The lowest BCUT2D eigenvalue weighted by atomic mass is 9.92. The largest absolute Gasteiger partial charge is 0.488 e. The fourth-order valence-corrected chi connectivity index (χ4v) is 4.81. The molecule has 3 aromatic rings. The van der Waals surface area contributed by atoms with Gasteiger partial charge in [-0.15, -0.1) is 11.3 Å². The average molecular weight is 462 g/mol. The molecule has 2 N–H and O–H groups in total. The van der Waals surface area contributed by atoms with Crippen LogP contribution in [0.15, 0.2) is 60.0 Å². The normalized spacial score (nSPS) is 16.0. The molecular weight excluding hydrogens is 437 g/mol. The van der Waals surface area contributed by atoms with E-state index in [2.05, 4.69) is 0 Å². The first-order valence-electron chi connectivity index (χ1n) is 10.4.